The normalized spacial score (nSPS) is 16.7. The van der Waals surface area contributed by atoms with E-state index in [4.69, 9.17) is 4.74 Å². The van der Waals surface area contributed by atoms with E-state index in [1.165, 1.54) is 13.0 Å². The Morgan fingerprint density at radius 3 is 2.70 bits per heavy atom. The van der Waals surface area contributed by atoms with Crippen molar-refractivity contribution >= 4 is 23.2 Å². The van der Waals surface area contributed by atoms with Crippen LogP contribution in [0.1, 0.15) is 13.3 Å². The van der Waals surface area contributed by atoms with Crippen LogP contribution in [0.15, 0.2) is 42.5 Å². The molecule has 3 rings (SSSR count). The number of hydrogen-bond donors (Lipinski definition) is 2. The second-order valence-electron chi connectivity index (χ2n) is 6.37. The minimum Gasteiger partial charge on any atom is -0.473 e. The molecule has 1 aromatic heterocycles. The summed E-state index contributed by atoms with van der Waals surface area (Å²) in [6.45, 7) is 2.92. The van der Waals surface area contributed by atoms with Gasteiger partial charge in [-0.05, 0) is 30.7 Å². The van der Waals surface area contributed by atoms with Crippen LogP contribution in [0.3, 0.4) is 0 Å². The fourth-order valence-corrected chi connectivity index (χ4v) is 2.94. The van der Waals surface area contributed by atoms with Gasteiger partial charge in [0.2, 0.25) is 23.6 Å². The predicted molar refractivity (Wildman–Crippen MR) is 99.0 cm³/mol. The number of rotatable bonds is 6. The summed E-state index contributed by atoms with van der Waals surface area (Å²) in [6, 6.07) is 11.4. The standard InChI is InChI=1S/C19H21FN4O3/c1-13(25)21-14-4-2-5-15(10-14)22-18(26)12-24-9-8-16(11-24)27-19-7-3-6-17(20)23-19/h2-7,10,16H,8-9,11-12H2,1H3,(H,21,25)(H,22,26). The first kappa shape index (κ1) is 18.8. The zero-order valence-electron chi connectivity index (χ0n) is 14.9. The molecule has 1 unspecified atom stereocenters. The number of hydrogen-bond acceptors (Lipinski definition) is 5. The number of amides is 2. The average Bonchev–Trinajstić information content (AvgIpc) is 3.01. The fraction of sp³-hybridized carbons (Fsp3) is 0.316. The highest BCUT2D eigenvalue weighted by Crippen LogP contribution is 2.18. The van der Waals surface area contributed by atoms with Crippen LogP contribution in [-0.4, -0.2) is 47.4 Å². The van der Waals surface area contributed by atoms with E-state index in [2.05, 4.69) is 15.6 Å². The minimum atomic E-state index is -0.580. The molecule has 0 radical (unpaired) electrons. The molecule has 0 saturated carbocycles. The third kappa shape index (κ3) is 5.75. The molecule has 2 N–H and O–H groups in total. The van der Waals surface area contributed by atoms with Crippen molar-refractivity contribution < 1.29 is 18.7 Å². The molecule has 2 heterocycles. The number of nitrogens with one attached hydrogen (secondary N) is 2. The molecule has 0 spiro atoms. The first-order valence-corrected chi connectivity index (χ1v) is 8.67. The van der Waals surface area contributed by atoms with Gasteiger partial charge in [-0.15, -0.1) is 0 Å². The predicted octanol–water partition coefficient (Wildman–Crippen LogP) is 2.27. The van der Waals surface area contributed by atoms with E-state index in [1.54, 1.807) is 36.4 Å². The van der Waals surface area contributed by atoms with E-state index >= 15 is 0 Å². The lowest BCUT2D eigenvalue weighted by atomic mass is 10.2. The summed E-state index contributed by atoms with van der Waals surface area (Å²) in [7, 11) is 0. The summed E-state index contributed by atoms with van der Waals surface area (Å²) in [4.78, 5) is 29.0. The zero-order valence-corrected chi connectivity index (χ0v) is 14.9. The Labute approximate surface area is 156 Å². The van der Waals surface area contributed by atoms with Gasteiger partial charge in [0.05, 0.1) is 6.54 Å². The van der Waals surface area contributed by atoms with Gasteiger partial charge < -0.3 is 15.4 Å². The van der Waals surface area contributed by atoms with Gasteiger partial charge in [0.25, 0.3) is 0 Å². The fourth-order valence-electron chi connectivity index (χ4n) is 2.94. The van der Waals surface area contributed by atoms with Crippen LogP contribution in [0.4, 0.5) is 15.8 Å². The topological polar surface area (TPSA) is 83.6 Å². The molecule has 0 bridgehead atoms. The van der Waals surface area contributed by atoms with Crippen molar-refractivity contribution in [1.29, 1.82) is 0 Å². The van der Waals surface area contributed by atoms with Crippen molar-refractivity contribution in [2.24, 2.45) is 0 Å². The van der Waals surface area contributed by atoms with Crippen LogP contribution in [0.2, 0.25) is 0 Å². The average molecular weight is 372 g/mol. The lowest BCUT2D eigenvalue weighted by Crippen LogP contribution is -2.33. The summed E-state index contributed by atoms with van der Waals surface area (Å²) in [5.74, 6) is -0.654. The SMILES string of the molecule is CC(=O)Nc1cccc(NC(=O)CN2CCC(Oc3cccc(F)n3)C2)c1. The van der Waals surface area contributed by atoms with E-state index in [0.717, 1.165) is 6.42 Å². The number of carbonyl (C=O) groups excluding carboxylic acids is 2. The molecule has 1 aromatic carbocycles. The molecule has 1 saturated heterocycles. The van der Waals surface area contributed by atoms with E-state index in [9.17, 15) is 14.0 Å². The highest BCUT2D eigenvalue weighted by Gasteiger charge is 2.26. The Morgan fingerprint density at radius 2 is 1.96 bits per heavy atom. The second-order valence-corrected chi connectivity index (χ2v) is 6.37. The number of ether oxygens (including phenoxy) is 1. The number of benzene rings is 1. The van der Waals surface area contributed by atoms with Gasteiger partial charge in [-0.3, -0.25) is 14.5 Å². The maximum absolute atomic E-state index is 13.1. The minimum absolute atomic E-state index is 0.129. The lowest BCUT2D eigenvalue weighted by molar-refractivity contribution is -0.117. The Morgan fingerprint density at radius 1 is 1.22 bits per heavy atom. The number of nitrogens with zero attached hydrogens (tertiary/aromatic N) is 2. The Bertz CT molecular complexity index is 830. The number of aromatic nitrogens is 1. The van der Waals surface area contributed by atoms with E-state index < -0.39 is 5.95 Å². The van der Waals surface area contributed by atoms with Crippen molar-refractivity contribution in [3.05, 3.63) is 48.4 Å². The summed E-state index contributed by atoms with van der Waals surface area (Å²) < 4.78 is 18.8. The molecule has 7 nitrogen and oxygen atoms in total. The van der Waals surface area contributed by atoms with Gasteiger partial charge in [0.1, 0.15) is 6.10 Å². The van der Waals surface area contributed by atoms with Crippen LogP contribution >= 0.6 is 0 Å². The summed E-state index contributed by atoms with van der Waals surface area (Å²) in [5, 5.41) is 5.49. The van der Waals surface area contributed by atoms with Gasteiger partial charge in [-0.25, -0.2) is 0 Å². The van der Waals surface area contributed by atoms with Gasteiger partial charge >= 0.3 is 0 Å². The molecule has 142 valence electrons. The van der Waals surface area contributed by atoms with Gasteiger partial charge in [-0.1, -0.05) is 12.1 Å². The van der Waals surface area contributed by atoms with Gasteiger partial charge in [-0.2, -0.15) is 9.37 Å². The number of likely N-dealkylation sites (tertiary alicyclic amines) is 1. The molecular weight excluding hydrogens is 351 g/mol. The first-order valence-electron chi connectivity index (χ1n) is 8.67. The van der Waals surface area contributed by atoms with E-state index in [1.807, 2.05) is 4.90 Å². The third-order valence-corrected chi connectivity index (χ3v) is 4.04. The molecule has 1 atom stereocenters. The monoisotopic (exact) mass is 372 g/mol. The van der Waals surface area contributed by atoms with Crippen LogP contribution < -0.4 is 15.4 Å². The molecule has 8 heteroatoms. The van der Waals surface area contributed by atoms with Crippen LogP contribution in [0, 0.1) is 5.95 Å². The smallest absolute Gasteiger partial charge is 0.238 e. The first-order chi connectivity index (χ1) is 13.0. The van der Waals surface area contributed by atoms with Crippen molar-refractivity contribution in [2.75, 3.05) is 30.3 Å². The van der Waals surface area contributed by atoms with Crippen LogP contribution in [-0.2, 0) is 9.59 Å². The molecular formula is C19H21FN4O3. The van der Waals surface area contributed by atoms with Crippen molar-refractivity contribution in [2.45, 2.75) is 19.4 Å². The summed E-state index contributed by atoms with van der Waals surface area (Å²) >= 11 is 0. The van der Waals surface area contributed by atoms with Gasteiger partial charge in [0, 0.05) is 37.5 Å². The van der Waals surface area contributed by atoms with Crippen molar-refractivity contribution in [3.63, 3.8) is 0 Å². The molecule has 1 aliphatic rings. The van der Waals surface area contributed by atoms with Crippen LogP contribution in [0.25, 0.3) is 0 Å². The highest BCUT2D eigenvalue weighted by molar-refractivity contribution is 5.94. The Hall–Kier alpha value is -3.00. The number of pyridine rings is 1. The molecule has 2 amide bonds. The third-order valence-electron chi connectivity index (χ3n) is 4.04. The maximum atomic E-state index is 13.1. The molecule has 1 aliphatic heterocycles. The van der Waals surface area contributed by atoms with Crippen molar-refractivity contribution in [1.82, 2.24) is 9.88 Å². The molecule has 27 heavy (non-hydrogen) atoms. The second kappa shape index (κ2) is 8.59. The largest absolute Gasteiger partial charge is 0.473 e. The number of halogens is 1. The zero-order chi connectivity index (χ0) is 19.2. The number of carbonyl (C=O) groups is 2. The quantitative estimate of drug-likeness (QED) is 0.760. The Balaban J connectivity index is 1.48. The number of anilines is 2. The lowest BCUT2D eigenvalue weighted by Gasteiger charge is -2.16. The Kier molecular flexibility index (Phi) is 5.97. The van der Waals surface area contributed by atoms with Gasteiger partial charge in [0.15, 0.2) is 0 Å². The molecule has 1 fully saturated rings. The van der Waals surface area contributed by atoms with E-state index in [-0.39, 0.29) is 30.3 Å². The molecule has 2 aromatic rings. The summed E-state index contributed by atoms with van der Waals surface area (Å²) in [6.07, 6.45) is 0.610. The van der Waals surface area contributed by atoms with Crippen LogP contribution in [0.5, 0.6) is 5.88 Å². The molecule has 0 aliphatic carbocycles. The van der Waals surface area contributed by atoms with E-state index in [0.29, 0.717) is 24.5 Å². The van der Waals surface area contributed by atoms with Crippen molar-refractivity contribution in [3.8, 4) is 5.88 Å². The highest BCUT2D eigenvalue weighted by atomic mass is 19.1. The maximum Gasteiger partial charge on any atom is 0.238 e. The summed E-state index contributed by atoms with van der Waals surface area (Å²) in [5.41, 5.74) is 1.24.